The van der Waals surface area contributed by atoms with E-state index in [0.29, 0.717) is 18.6 Å². The molecule has 1 aromatic carbocycles. The number of ether oxygens (including phenoxy) is 1. The van der Waals surface area contributed by atoms with E-state index < -0.39 is 11.7 Å². The number of carbonyl (C=O) groups excluding carboxylic acids is 1. The minimum Gasteiger partial charge on any atom is -0.444 e. The lowest BCUT2D eigenvalue weighted by atomic mass is 10.1. The average Bonchev–Trinajstić information content (AvgIpc) is 2.81. The van der Waals surface area contributed by atoms with Crippen molar-refractivity contribution in [3.8, 4) is 0 Å². The lowest BCUT2D eigenvalue weighted by Crippen LogP contribution is -2.32. The highest BCUT2D eigenvalue weighted by atomic mass is 16.6. The van der Waals surface area contributed by atoms with Gasteiger partial charge in [0.2, 0.25) is 0 Å². The van der Waals surface area contributed by atoms with E-state index in [9.17, 15) is 4.79 Å². The highest BCUT2D eigenvalue weighted by molar-refractivity contribution is 5.68. The second kappa shape index (κ2) is 7.01. The van der Waals surface area contributed by atoms with Crippen LogP contribution in [0.25, 0.3) is 0 Å². The van der Waals surface area contributed by atoms with E-state index in [4.69, 9.17) is 10.5 Å². The molecule has 2 rings (SSSR count). The Morgan fingerprint density at radius 2 is 2.05 bits per heavy atom. The van der Waals surface area contributed by atoms with Crippen molar-refractivity contribution in [2.75, 3.05) is 5.32 Å². The first-order valence-electron chi connectivity index (χ1n) is 7.90. The molecule has 0 aliphatic heterocycles. The first-order valence-corrected chi connectivity index (χ1v) is 7.90. The molecular formula is C17H27N3O2. The molecule has 0 bridgehead atoms. The summed E-state index contributed by atoms with van der Waals surface area (Å²) in [4.78, 5) is 11.8. The number of nitrogens with two attached hydrogens (primary N) is 1. The zero-order valence-corrected chi connectivity index (χ0v) is 13.7. The lowest BCUT2D eigenvalue weighted by Gasteiger charge is -2.21. The molecule has 0 heterocycles. The number of nitrogens with one attached hydrogen (secondary N) is 2. The Hall–Kier alpha value is -1.75. The molecule has 0 spiro atoms. The number of para-hydroxylation sites is 1. The number of amides is 1. The second-order valence-electron chi connectivity index (χ2n) is 6.93. The van der Waals surface area contributed by atoms with E-state index in [2.05, 4.69) is 10.6 Å². The van der Waals surface area contributed by atoms with E-state index >= 15 is 0 Å². The molecule has 0 saturated heterocycles. The van der Waals surface area contributed by atoms with Gasteiger partial charge in [-0.3, -0.25) is 0 Å². The van der Waals surface area contributed by atoms with Crippen LogP contribution >= 0.6 is 0 Å². The van der Waals surface area contributed by atoms with Crippen molar-refractivity contribution in [1.82, 2.24) is 5.32 Å². The minimum absolute atomic E-state index is 0.296. The molecule has 122 valence electrons. The van der Waals surface area contributed by atoms with Gasteiger partial charge < -0.3 is 21.1 Å². The number of hydrogen-bond acceptors (Lipinski definition) is 4. The Labute approximate surface area is 132 Å². The molecule has 1 fully saturated rings. The van der Waals surface area contributed by atoms with Crippen LogP contribution in [-0.4, -0.2) is 23.8 Å². The molecule has 22 heavy (non-hydrogen) atoms. The van der Waals surface area contributed by atoms with Crippen molar-refractivity contribution in [1.29, 1.82) is 0 Å². The van der Waals surface area contributed by atoms with Crippen LogP contribution in [0.3, 0.4) is 0 Å². The number of rotatable bonds is 4. The van der Waals surface area contributed by atoms with Gasteiger partial charge in [0.25, 0.3) is 0 Å². The molecule has 1 aliphatic rings. The number of benzene rings is 1. The van der Waals surface area contributed by atoms with Crippen molar-refractivity contribution in [3.63, 3.8) is 0 Å². The maximum Gasteiger partial charge on any atom is 0.407 e. The Morgan fingerprint density at radius 3 is 2.68 bits per heavy atom. The summed E-state index contributed by atoms with van der Waals surface area (Å²) in [5, 5.41) is 6.34. The fraction of sp³-hybridized carbons (Fsp3) is 0.588. The van der Waals surface area contributed by atoms with Crippen LogP contribution in [0.5, 0.6) is 0 Å². The molecule has 5 heteroatoms. The predicted molar refractivity (Wildman–Crippen MR) is 88.8 cm³/mol. The van der Waals surface area contributed by atoms with Gasteiger partial charge in [-0.2, -0.15) is 0 Å². The van der Waals surface area contributed by atoms with Gasteiger partial charge in [0.05, 0.1) is 0 Å². The normalized spacial score (nSPS) is 21.5. The Kier molecular flexibility index (Phi) is 5.29. The molecular weight excluding hydrogens is 278 g/mol. The predicted octanol–water partition coefficient (Wildman–Crippen LogP) is 3.00. The monoisotopic (exact) mass is 305 g/mol. The van der Waals surface area contributed by atoms with Crippen LogP contribution in [0.4, 0.5) is 10.5 Å². The summed E-state index contributed by atoms with van der Waals surface area (Å²) in [6.45, 7) is 6.00. The molecule has 4 N–H and O–H groups in total. The standard InChI is InChI=1S/C17H27N3O2/c1-17(2,3)22-16(21)19-11-12-6-4-5-7-15(12)20-14-9-8-13(18)10-14/h4-7,13-14,20H,8-11,18H2,1-3H3,(H,19,21). The van der Waals surface area contributed by atoms with Gasteiger partial charge in [0.1, 0.15) is 5.60 Å². The number of hydrogen-bond donors (Lipinski definition) is 3. The van der Waals surface area contributed by atoms with Gasteiger partial charge in [-0.25, -0.2) is 4.79 Å². The molecule has 5 nitrogen and oxygen atoms in total. The summed E-state index contributed by atoms with van der Waals surface area (Å²) in [6, 6.07) is 8.72. The molecule has 1 saturated carbocycles. The SMILES string of the molecule is CC(C)(C)OC(=O)NCc1ccccc1NC1CCC(N)C1. The zero-order valence-electron chi connectivity index (χ0n) is 13.7. The van der Waals surface area contributed by atoms with Crippen LogP contribution in [0, 0.1) is 0 Å². The smallest absolute Gasteiger partial charge is 0.407 e. The fourth-order valence-electron chi connectivity index (χ4n) is 2.66. The lowest BCUT2D eigenvalue weighted by molar-refractivity contribution is 0.0523. The number of carbonyl (C=O) groups is 1. The first kappa shape index (κ1) is 16.6. The Balaban J connectivity index is 1.92. The molecule has 0 radical (unpaired) electrons. The van der Waals surface area contributed by atoms with Crippen LogP contribution in [0.2, 0.25) is 0 Å². The van der Waals surface area contributed by atoms with Gasteiger partial charge in [-0.15, -0.1) is 0 Å². The fourth-order valence-corrected chi connectivity index (χ4v) is 2.66. The molecule has 1 amide bonds. The Morgan fingerprint density at radius 1 is 1.32 bits per heavy atom. The van der Waals surface area contributed by atoms with Gasteiger partial charge in [-0.1, -0.05) is 18.2 Å². The van der Waals surface area contributed by atoms with Crippen molar-refractivity contribution in [2.24, 2.45) is 5.73 Å². The van der Waals surface area contributed by atoms with Crippen LogP contribution < -0.4 is 16.4 Å². The largest absolute Gasteiger partial charge is 0.444 e. The summed E-state index contributed by atoms with van der Waals surface area (Å²) in [7, 11) is 0. The quantitative estimate of drug-likeness (QED) is 0.799. The third-order valence-corrected chi connectivity index (χ3v) is 3.67. The van der Waals surface area contributed by atoms with E-state index in [1.807, 2.05) is 45.0 Å². The van der Waals surface area contributed by atoms with Gasteiger partial charge in [-0.05, 0) is 51.7 Å². The van der Waals surface area contributed by atoms with Crippen LogP contribution in [0.15, 0.2) is 24.3 Å². The van der Waals surface area contributed by atoms with Gasteiger partial charge >= 0.3 is 6.09 Å². The third-order valence-electron chi connectivity index (χ3n) is 3.67. The third kappa shape index (κ3) is 5.22. The summed E-state index contributed by atoms with van der Waals surface area (Å²) in [6.07, 6.45) is 2.75. The average molecular weight is 305 g/mol. The highest BCUT2D eigenvalue weighted by Crippen LogP contribution is 2.24. The van der Waals surface area contributed by atoms with Crippen LogP contribution in [-0.2, 0) is 11.3 Å². The first-order chi connectivity index (χ1) is 10.3. The number of anilines is 1. The second-order valence-corrected chi connectivity index (χ2v) is 6.93. The van der Waals surface area contributed by atoms with Crippen molar-refractivity contribution >= 4 is 11.8 Å². The summed E-state index contributed by atoms with van der Waals surface area (Å²) in [5.41, 5.74) is 7.58. The van der Waals surface area contributed by atoms with E-state index in [1.54, 1.807) is 0 Å². The van der Waals surface area contributed by atoms with Gasteiger partial charge in [0.15, 0.2) is 0 Å². The summed E-state index contributed by atoms with van der Waals surface area (Å²) < 4.78 is 5.26. The van der Waals surface area contributed by atoms with Crippen LogP contribution in [0.1, 0.15) is 45.6 Å². The van der Waals surface area contributed by atoms with Crippen molar-refractivity contribution < 1.29 is 9.53 Å². The molecule has 2 unspecified atom stereocenters. The molecule has 0 aromatic heterocycles. The zero-order chi connectivity index (χ0) is 16.2. The summed E-state index contributed by atoms with van der Waals surface area (Å²) in [5.74, 6) is 0. The Bertz CT molecular complexity index is 511. The van der Waals surface area contributed by atoms with Crippen molar-refractivity contribution in [3.05, 3.63) is 29.8 Å². The maximum atomic E-state index is 11.8. The number of alkyl carbamates (subject to hydrolysis) is 1. The van der Waals surface area contributed by atoms with Gasteiger partial charge in [0, 0.05) is 24.3 Å². The molecule has 1 aliphatic carbocycles. The topological polar surface area (TPSA) is 76.4 Å². The maximum absolute atomic E-state index is 11.8. The van der Waals surface area contributed by atoms with Crippen molar-refractivity contribution in [2.45, 2.75) is 64.3 Å². The highest BCUT2D eigenvalue weighted by Gasteiger charge is 2.22. The molecule has 1 aromatic rings. The summed E-state index contributed by atoms with van der Waals surface area (Å²) >= 11 is 0. The minimum atomic E-state index is -0.484. The van der Waals surface area contributed by atoms with E-state index in [1.165, 1.54) is 0 Å². The van der Waals surface area contributed by atoms with E-state index in [0.717, 1.165) is 30.5 Å². The molecule has 2 atom stereocenters. The van der Waals surface area contributed by atoms with E-state index in [-0.39, 0.29) is 0 Å².